The third-order valence-electron chi connectivity index (χ3n) is 4.55. The predicted octanol–water partition coefficient (Wildman–Crippen LogP) is 2.72. The fourth-order valence-electron chi connectivity index (χ4n) is 3.35. The lowest BCUT2D eigenvalue weighted by atomic mass is 10.0. The number of amides is 2. The summed E-state index contributed by atoms with van der Waals surface area (Å²) in [6, 6.07) is 7.08. The molecule has 2 amide bonds. The number of nitrogens with one attached hydrogen (secondary N) is 1. The number of carbonyl (C=O) groups excluding carboxylic acids is 1. The summed E-state index contributed by atoms with van der Waals surface area (Å²) in [5.41, 5.74) is 0.954. The highest BCUT2D eigenvalue weighted by molar-refractivity contribution is 5.75. The van der Waals surface area contributed by atoms with E-state index >= 15 is 0 Å². The van der Waals surface area contributed by atoms with Gasteiger partial charge < -0.3 is 15.0 Å². The molecule has 0 aliphatic carbocycles. The molecule has 3 rings (SSSR count). The van der Waals surface area contributed by atoms with Crippen molar-refractivity contribution in [2.45, 2.75) is 44.2 Å². The highest BCUT2D eigenvalue weighted by Gasteiger charge is 2.30. The van der Waals surface area contributed by atoms with Crippen LogP contribution in [0.3, 0.4) is 0 Å². The number of benzene rings is 1. The van der Waals surface area contributed by atoms with Crippen LogP contribution in [0, 0.1) is 5.82 Å². The summed E-state index contributed by atoms with van der Waals surface area (Å²) >= 11 is 0. The molecule has 1 N–H and O–H groups in total. The van der Waals surface area contributed by atoms with Gasteiger partial charge in [0.25, 0.3) is 0 Å². The van der Waals surface area contributed by atoms with E-state index in [2.05, 4.69) is 5.32 Å². The number of hydrogen-bond acceptors (Lipinski definition) is 2. The molecular weight excluding hydrogens is 283 g/mol. The maximum Gasteiger partial charge on any atom is 0.317 e. The lowest BCUT2D eigenvalue weighted by Crippen LogP contribution is -2.48. The van der Waals surface area contributed by atoms with E-state index < -0.39 is 0 Å². The first kappa shape index (κ1) is 15.3. The summed E-state index contributed by atoms with van der Waals surface area (Å²) in [5.74, 6) is -0.214. The molecule has 0 spiro atoms. The number of carbonyl (C=O) groups is 1. The van der Waals surface area contributed by atoms with Crippen LogP contribution in [0.2, 0.25) is 0 Å². The first-order valence-electron chi connectivity index (χ1n) is 8.12. The van der Waals surface area contributed by atoms with Crippen LogP contribution >= 0.6 is 0 Å². The average molecular weight is 306 g/mol. The molecule has 1 aromatic carbocycles. The minimum Gasteiger partial charge on any atom is -0.381 e. The molecule has 0 bridgehead atoms. The van der Waals surface area contributed by atoms with E-state index in [4.69, 9.17) is 4.74 Å². The van der Waals surface area contributed by atoms with Crippen LogP contribution in [-0.4, -0.2) is 42.8 Å². The molecule has 5 heteroatoms. The number of nitrogens with zero attached hydrogens (tertiary/aromatic N) is 1. The molecule has 22 heavy (non-hydrogen) atoms. The molecule has 2 heterocycles. The van der Waals surface area contributed by atoms with Crippen molar-refractivity contribution < 1.29 is 13.9 Å². The smallest absolute Gasteiger partial charge is 0.317 e. The van der Waals surface area contributed by atoms with Gasteiger partial charge in [-0.1, -0.05) is 12.1 Å². The van der Waals surface area contributed by atoms with E-state index in [-0.39, 0.29) is 23.9 Å². The molecule has 2 aliphatic rings. The van der Waals surface area contributed by atoms with Gasteiger partial charge in [0.1, 0.15) is 5.82 Å². The van der Waals surface area contributed by atoms with Crippen molar-refractivity contribution in [3.8, 4) is 0 Å². The van der Waals surface area contributed by atoms with Gasteiger partial charge in [0, 0.05) is 31.8 Å². The lowest BCUT2D eigenvalue weighted by Gasteiger charge is -2.29. The number of rotatable bonds is 3. The second-order valence-electron chi connectivity index (χ2n) is 6.16. The molecule has 0 saturated carbocycles. The molecular formula is C17H23FN2O2. The molecule has 2 aliphatic heterocycles. The van der Waals surface area contributed by atoms with Gasteiger partial charge in [0.15, 0.2) is 0 Å². The summed E-state index contributed by atoms with van der Waals surface area (Å²) in [6.45, 7) is 2.23. The van der Waals surface area contributed by atoms with Crippen molar-refractivity contribution in [3.63, 3.8) is 0 Å². The highest BCUT2D eigenvalue weighted by atomic mass is 19.1. The highest BCUT2D eigenvalue weighted by Crippen LogP contribution is 2.22. The first-order valence-corrected chi connectivity index (χ1v) is 8.12. The Morgan fingerprint density at radius 2 is 2.14 bits per heavy atom. The Balaban J connectivity index is 1.58. The monoisotopic (exact) mass is 306 g/mol. The van der Waals surface area contributed by atoms with E-state index in [1.807, 2.05) is 11.0 Å². The number of likely N-dealkylation sites (tertiary alicyclic amines) is 1. The Morgan fingerprint density at radius 1 is 1.32 bits per heavy atom. The number of urea groups is 1. The Morgan fingerprint density at radius 3 is 2.91 bits per heavy atom. The van der Waals surface area contributed by atoms with Gasteiger partial charge in [-0.25, -0.2) is 9.18 Å². The molecule has 0 aromatic heterocycles. The normalized spacial score (nSPS) is 22.8. The molecule has 2 fully saturated rings. The molecule has 1 atom stereocenters. The summed E-state index contributed by atoms with van der Waals surface area (Å²) in [5, 5.41) is 3.12. The van der Waals surface area contributed by atoms with E-state index in [9.17, 15) is 9.18 Å². The van der Waals surface area contributed by atoms with E-state index in [0.717, 1.165) is 57.4 Å². The molecule has 2 saturated heterocycles. The minimum atomic E-state index is -0.214. The van der Waals surface area contributed by atoms with Gasteiger partial charge in [-0.15, -0.1) is 0 Å². The van der Waals surface area contributed by atoms with Crippen molar-refractivity contribution in [2.24, 2.45) is 0 Å². The van der Waals surface area contributed by atoms with Crippen molar-refractivity contribution in [2.75, 3.05) is 19.8 Å². The van der Waals surface area contributed by atoms with E-state index in [0.29, 0.717) is 0 Å². The largest absolute Gasteiger partial charge is 0.381 e. The van der Waals surface area contributed by atoms with Crippen LogP contribution in [-0.2, 0) is 11.2 Å². The van der Waals surface area contributed by atoms with Crippen LogP contribution in [0.4, 0.5) is 9.18 Å². The van der Waals surface area contributed by atoms with Crippen LogP contribution in [0.15, 0.2) is 24.3 Å². The summed E-state index contributed by atoms with van der Waals surface area (Å²) in [6.07, 6.45) is 4.49. The zero-order chi connectivity index (χ0) is 15.4. The minimum absolute atomic E-state index is 0.0193. The Hall–Kier alpha value is -1.62. The maximum atomic E-state index is 13.3. The SMILES string of the molecule is O=C(NC1CCOCC1)N1CCC[C@H]1Cc1cccc(F)c1. The Kier molecular flexibility index (Phi) is 4.93. The van der Waals surface area contributed by atoms with Gasteiger partial charge in [0.2, 0.25) is 0 Å². The van der Waals surface area contributed by atoms with Crippen molar-refractivity contribution >= 4 is 6.03 Å². The molecule has 120 valence electrons. The van der Waals surface area contributed by atoms with Gasteiger partial charge in [-0.3, -0.25) is 0 Å². The maximum absolute atomic E-state index is 13.3. The quantitative estimate of drug-likeness (QED) is 0.933. The summed E-state index contributed by atoms with van der Waals surface area (Å²) in [4.78, 5) is 14.4. The van der Waals surface area contributed by atoms with Crippen molar-refractivity contribution in [1.29, 1.82) is 0 Å². The van der Waals surface area contributed by atoms with Crippen LogP contribution in [0.1, 0.15) is 31.2 Å². The van der Waals surface area contributed by atoms with Gasteiger partial charge in [-0.2, -0.15) is 0 Å². The van der Waals surface area contributed by atoms with Crippen molar-refractivity contribution in [1.82, 2.24) is 10.2 Å². The van der Waals surface area contributed by atoms with Crippen LogP contribution in [0.5, 0.6) is 0 Å². The van der Waals surface area contributed by atoms with Gasteiger partial charge in [0.05, 0.1) is 0 Å². The molecule has 4 nitrogen and oxygen atoms in total. The second kappa shape index (κ2) is 7.09. The lowest BCUT2D eigenvalue weighted by molar-refractivity contribution is 0.0778. The average Bonchev–Trinajstić information content (AvgIpc) is 2.96. The third kappa shape index (κ3) is 3.77. The van der Waals surface area contributed by atoms with Gasteiger partial charge in [-0.05, 0) is 49.8 Å². The fourth-order valence-corrected chi connectivity index (χ4v) is 3.35. The predicted molar refractivity (Wildman–Crippen MR) is 82.2 cm³/mol. The van der Waals surface area contributed by atoms with Crippen molar-refractivity contribution in [3.05, 3.63) is 35.6 Å². The summed E-state index contributed by atoms with van der Waals surface area (Å²) in [7, 11) is 0. The van der Waals surface area contributed by atoms with E-state index in [1.165, 1.54) is 6.07 Å². The Labute approximate surface area is 130 Å². The number of hydrogen-bond donors (Lipinski definition) is 1. The summed E-state index contributed by atoms with van der Waals surface area (Å²) < 4.78 is 18.6. The topological polar surface area (TPSA) is 41.6 Å². The fraction of sp³-hybridized carbons (Fsp3) is 0.588. The van der Waals surface area contributed by atoms with Crippen LogP contribution < -0.4 is 5.32 Å². The molecule has 0 unspecified atom stereocenters. The Bertz CT molecular complexity index is 517. The number of halogens is 1. The standard InChI is InChI=1S/C17H23FN2O2/c18-14-4-1-3-13(11-14)12-16-5-2-8-20(16)17(21)19-15-6-9-22-10-7-15/h1,3-4,11,15-16H,2,5-10,12H2,(H,19,21)/t16-/m0/s1. The number of ether oxygens (including phenoxy) is 1. The zero-order valence-corrected chi connectivity index (χ0v) is 12.8. The molecule has 1 aromatic rings. The third-order valence-corrected chi connectivity index (χ3v) is 4.55. The van der Waals surface area contributed by atoms with Crippen LogP contribution in [0.25, 0.3) is 0 Å². The first-order chi connectivity index (χ1) is 10.7. The van der Waals surface area contributed by atoms with Gasteiger partial charge >= 0.3 is 6.03 Å². The zero-order valence-electron chi connectivity index (χ0n) is 12.8. The molecule has 0 radical (unpaired) electrons. The van der Waals surface area contributed by atoms with E-state index in [1.54, 1.807) is 12.1 Å². The second-order valence-corrected chi connectivity index (χ2v) is 6.16.